The average molecular weight is 204 g/mol. The summed E-state index contributed by atoms with van der Waals surface area (Å²) in [5.41, 5.74) is 2.22. The van der Waals surface area contributed by atoms with E-state index in [2.05, 4.69) is 0 Å². The maximum absolute atomic E-state index is 13.1. The van der Waals surface area contributed by atoms with Gasteiger partial charge in [-0.1, -0.05) is 18.2 Å². The Morgan fingerprint density at radius 2 is 1.53 bits per heavy atom. The zero-order valence-corrected chi connectivity index (χ0v) is 8.30. The Morgan fingerprint density at radius 1 is 0.800 bits per heavy atom. The largest absolute Gasteiger partial charge is 0.207 e. The fourth-order valence-electron chi connectivity index (χ4n) is 1.57. The van der Waals surface area contributed by atoms with Crippen LogP contribution in [0.15, 0.2) is 42.5 Å². The van der Waals surface area contributed by atoms with Crippen molar-refractivity contribution in [3.8, 4) is 11.1 Å². The van der Waals surface area contributed by atoms with E-state index in [1.807, 2.05) is 13.0 Å². The number of halogens is 2. The van der Waals surface area contributed by atoms with E-state index in [1.54, 1.807) is 12.1 Å². The van der Waals surface area contributed by atoms with Crippen LogP contribution in [0.2, 0.25) is 0 Å². The van der Waals surface area contributed by atoms with Crippen molar-refractivity contribution in [2.24, 2.45) is 0 Å². The smallest absolute Gasteiger partial charge is 0.124 e. The van der Waals surface area contributed by atoms with Gasteiger partial charge in [0.1, 0.15) is 11.6 Å². The predicted molar refractivity (Wildman–Crippen MR) is 56.5 cm³/mol. The standard InChI is InChI=1S/C13H10F2/c1-9-5-11(8-13(15)6-9)10-3-2-4-12(14)7-10/h2-8H,1H3. The normalized spacial score (nSPS) is 10.3. The molecule has 2 heteroatoms. The third-order valence-electron chi connectivity index (χ3n) is 2.20. The molecule has 0 aromatic heterocycles. The Hall–Kier alpha value is -1.70. The fourth-order valence-corrected chi connectivity index (χ4v) is 1.57. The molecule has 2 rings (SSSR count). The molecule has 2 aromatic rings. The van der Waals surface area contributed by atoms with Crippen molar-refractivity contribution in [1.82, 2.24) is 0 Å². The quantitative estimate of drug-likeness (QED) is 0.660. The lowest BCUT2D eigenvalue weighted by atomic mass is 10.0. The van der Waals surface area contributed by atoms with E-state index >= 15 is 0 Å². The van der Waals surface area contributed by atoms with E-state index in [0.29, 0.717) is 11.1 Å². The third-order valence-corrected chi connectivity index (χ3v) is 2.20. The van der Waals surface area contributed by atoms with Gasteiger partial charge in [-0.15, -0.1) is 0 Å². The van der Waals surface area contributed by atoms with Crippen LogP contribution in [0.25, 0.3) is 11.1 Å². The van der Waals surface area contributed by atoms with E-state index in [0.717, 1.165) is 5.56 Å². The highest BCUT2D eigenvalue weighted by Crippen LogP contribution is 2.22. The van der Waals surface area contributed by atoms with E-state index in [1.165, 1.54) is 24.3 Å². The first-order valence-corrected chi connectivity index (χ1v) is 4.68. The molecule has 0 saturated heterocycles. The Bertz CT molecular complexity index is 469. The van der Waals surface area contributed by atoms with E-state index < -0.39 is 0 Å². The minimum atomic E-state index is -0.311. The minimum Gasteiger partial charge on any atom is -0.207 e. The molecule has 76 valence electrons. The second-order valence-electron chi connectivity index (χ2n) is 3.53. The molecular weight excluding hydrogens is 194 g/mol. The summed E-state index contributed by atoms with van der Waals surface area (Å²) in [5, 5.41) is 0. The van der Waals surface area contributed by atoms with Crippen LogP contribution in [-0.2, 0) is 0 Å². The molecular formula is C13H10F2. The van der Waals surface area contributed by atoms with Crippen molar-refractivity contribution in [2.75, 3.05) is 0 Å². The first kappa shape index (κ1) is 9.84. The van der Waals surface area contributed by atoms with Gasteiger partial charge in [-0.2, -0.15) is 0 Å². The summed E-state index contributed by atoms with van der Waals surface area (Å²) in [6, 6.07) is 10.8. The summed E-state index contributed by atoms with van der Waals surface area (Å²) in [6.45, 7) is 1.81. The lowest BCUT2D eigenvalue weighted by Gasteiger charge is -2.03. The topological polar surface area (TPSA) is 0 Å². The second kappa shape index (κ2) is 3.81. The minimum absolute atomic E-state index is 0.297. The first-order valence-electron chi connectivity index (χ1n) is 4.68. The van der Waals surface area contributed by atoms with E-state index in [4.69, 9.17) is 0 Å². The molecule has 0 unspecified atom stereocenters. The summed E-state index contributed by atoms with van der Waals surface area (Å²) in [4.78, 5) is 0. The molecule has 15 heavy (non-hydrogen) atoms. The van der Waals surface area contributed by atoms with E-state index in [9.17, 15) is 8.78 Å². The zero-order chi connectivity index (χ0) is 10.8. The third kappa shape index (κ3) is 2.21. The molecule has 2 aromatic carbocycles. The van der Waals surface area contributed by atoms with Crippen molar-refractivity contribution >= 4 is 0 Å². The maximum Gasteiger partial charge on any atom is 0.124 e. The van der Waals surface area contributed by atoms with Gasteiger partial charge in [0.05, 0.1) is 0 Å². The van der Waals surface area contributed by atoms with Gasteiger partial charge in [-0.05, 0) is 47.9 Å². The molecule has 0 amide bonds. The van der Waals surface area contributed by atoms with Gasteiger partial charge in [-0.25, -0.2) is 8.78 Å². The Kier molecular flexibility index (Phi) is 2.50. The van der Waals surface area contributed by atoms with Crippen molar-refractivity contribution < 1.29 is 8.78 Å². The van der Waals surface area contributed by atoms with Crippen LogP contribution in [0.1, 0.15) is 5.56 Å². The lowest BCUT2D eigenvalue weighted by Crippen LogP contribution is -1.84. The average Bonchev–Trinajstić information content (AvgIpc) is 2.16. The molecule has 0 bridgehead atoms. The van der Waals surface area contributed by atoms with Gasteiger partial charge in [0.15, 0.2) is 0 Å². The summed E-state index contributed by atoms with van der Waals surface area (Å²) in [6.07, 6.45) is 0. The zero-order valence-electron chi connectivity index (χ0n) is 8.30. The molecule has 0 N–H and O–H groups in total. The van der Waals surface area contributed by atoms with Gasteiger partial charge in [0, 0.05) is 0 Å². The second-order valence-corrected chi connectivity index (χ2v) is 3.53. The molecule has 0 radical (unpaired) electrons. The highest BCUT2D eigenvalue weighted by atomic mass is 19.1. The molecule has 0 aliphatic rings. The van der Waals surface area contributed by atoms with E-state index in [-0.39, 0.29) is 11.6 Å². The number of rotatable bonds is 1. The van der Waals surface area contributed by atoms with Gasteiger partial charge in [0.2, 0.25) is 0 Å². The summed E-state index contributed by atoms with van der Waals surface area (Å²) in [7, 11) is 0. The highest BCUT2D eigenvalue weighted by molar-refractivity contribution is 5.64. The van der Waals surface area contributed by atoms with Crippen molar-refractivity contribution in [1.29, 1.82) is 0 Å². The molecule has 0 atom stereocenters. The number of hydrogen-bond donors (Lipinski definition) is 0. The van der Waals surface area contributed by atoms with Crippen LogP contribution in [0.5, 0.6) is 0 Å². The molecule has 0 nitrogen and oxygen atoms in total. The first-order chi connectivity index (χ1) is 7.15. The summed E-state index contributed by atoms with van der Waals surface area (Å²) in [5.74, 6) is -0.608. The van der Waals surface area contributed by atoms with Crippen molar-refractivity contribution in [2.45, 2.75) is 6.92 Å². The van der Waals surface area contributed by atoms with Gasteiger partial charge in [-0.3, -0.25) is 0 Å². The summed E-state index contributed by atoms with van der Waals surface area (Å²) >= 11 is 0. The maximum atomic E-state index is 13.1. The van der Waals surface area contributed by atoms with Crippen LogP contribution in [-0.4, -0.2) is 0 Å². The molecule has 0 aliphatic carbocycles. The number of hydrogen-bond acceptors (Lipinski definition) is 0. The monoisotopic (exact) mass is 204 g/mol. The van der Waals surface area contributed by atoms with Crippen LogP contribution in [0.4, 0.5) is 8.78 Å². The molecule has 0 saturated carbocycles. The lowest BCUT2D eigenvalue weighted by molar-refractivity contribution is 0.625. The molecule has 0 spiro atoms. The predicted octanol–water partition coefficient (Wildman–Crippen LogP) is 3.94. The van der Waals surface area contributed by atoms with Crippen LogP contribution in [0.3, 0.4) is 0 Å². The Labute approximate surface area is 87.2 Å². The van der Waals surface area contributed by atoms with Crippen LogP contribution >= 0.6 is 0 Å². The van der Waals surface area contributed by atoms with Gasteiger partial charge in [0.25, 0.3) is 0 Å². The summed E-state index contributed by atoms with van der Waals surface area (Å²) < 4.78 is 26.1. The molecule has 0 heterocycles. The Morgan fingerprint density at radius 3 is 2.20 bits per heavy atom. The number of aryl methyl sites for hydroxylation is 1. The Balaban J connectivity index is 2.54. The highest BCUT2D eigenvalue weighted by Gasteiger charge is 2.01. The van der Waals surface area contributed by atoms with Crippen LogP contribution < -0.4 is 0 Å². The number of benzene rings is 2. The molecule has 0 fully saturated rings. The van der Waals surface area contributed by atoms with Crippen LogP contribution in [0, 0.1) is 18.6 Å². The van der Waals surface area contributed by atoms with Gasteiger partial charge >= 0.3 is 0 Å². The van der Waals surface area contributed by atoms with Gasteiger partial charge < -0.3 is 0 Å². The fraction of sp³-hybridized carbons (Fsp3) is 0.0769. The SMILES string of the molecule is Cc1cc(F)cc(-c2cccc(F)c2)c1. The van der Waals surface area contributed by atoms with Crippen molar-refractivity contribution in [3.63, 3.8) is 0 Å². The molecule has 0 aliphatic heterocycles. The van der Waals surface area contributed by atoms with Crippen molar-refractivity contribution in [3.05, 3.63) is 59.7 Å².